The van der Waals surface area contributed by atoms with Gasteiger partial charge >= 0.3 is 7.82 Å². The van der Waals surface area contributed by atoms with Gasteiger partial charge in [0.25, 0.3) is 0 Å². The van der Waals surface area contributed by atoms with Crippen molar-refractivity contribution in [1.82, 2.24) is 5.32 Å². The largest absolute Gasteiger partial charge is 0.472 e. The number of nitrogens with one attached hydrogen (secondary N) is 1. The Labute approximate surface area is 503 Å². The van der Waals surface area contributed by atoms with Crippen molar-refractivity contribution in [3.8, 4) is 0 Å². The van der Waals surface area contributed by atoms with Crippen LogP contribution < -0.4 is 5.32 Å². The molecule has 0 aromatic carbocycles. The van der Waals surface area contributed by atoms with E-state index in [4.69, 9.17) is 9.05 Å². The molecule has 0 spiro atoms. The van der Waals surface area contributed by atoms with Crippen LogP contribution in [-0.2, 0) is 18.4 Å². The lowest BCUT2D eigenvalue weighted by Crippen LogP contribution is -2.45. The van der Waals surface area contributed by atoms with E-state index < -0.39 is 20.0 Å². The minimum absolute atomic E-state index is 0.0530. The van der Waals surface area contributed by atoms with E-state index in [9.17, 15) is 19.4 Å². The number of nitrogens with zero attached hydrogens (tertiary/aromatic N) is 1. The molecule has 472 valence electrons. The quantitative estimate of drug-likeness (QED) is 0.0243. The standard InChI is InChI=1S/C72H133N2O6P/c1-6-8-10-12-14-16-18-20-22-24-26-28-29-30-31-32-33-34-35-36-37-38-39-40-41-42-43-44-45-46-48-50-52-54-56-58-60-62-64-66-72(76)73-70(69-80-81(77,78)79-68-67-74(3,4)5)71(75)65-63-61-59-57-55-53-51-49-47-27-25-23-21-19-17-15-13-11-9-7-2/h8,10,14,16,20,22,26,28,47,49,55,57,63,65,70-71,75H,6-7,9,11-13,15,17-19,21,23-25,27,29-46,48,50-54,56,58-62,64,66-69H2,1-5H3,(H-,73,76,77,78)/p+1/b10-8-,16-14-,22-20-,28-26-,49-47+,57-55+,65-63+. The number of amides is 1. The molecule has 0 aliphatic rings. The van der Waals surface area contributed by atoms with Crippen LogP contribution in [0.5, 0.6) is 0 Å². The molecule has 0 aliphatic carbocycles. The molecular formula is C72H134N2O6P+. The van der Waals surface area contributed by atoms with Gasteiger partial charge in [-0.05, 0) is 83.5 Å². The number of aliphatic hydroxyl groups excluding tert-OH is 1. The Kier molecular flexibility index (Phi) is 60.4. The summed E-state index contributed by atoms with van der Waals surface area (Å²) in [5, 5.41) is 14.0. The number of carbonyl (C=O) groups is 1. The first-order valence-electron chi connectivity index (χ1n) is 34.5. The van der Waals surface area contributed by atoms with E-state index in [2.05, 4.69) is 92.1 Å². The minimum atomic E-state index is -4.36. The molecular weight excluding hydrogens is 1020 g/mol. The highest BCUT2D eigenvalue weighted by Crippen LogP contribution is 2.43. The van der Waals surface area contributed by atoms with E-state index in [1.54, 1.807) is 6.08 Å². The number of phosphoric acid groups is 1. The van der Waals surface area contributed by atoms with E-state index in [-0.39, 0.29) is 19.1 Å². The van der Waals surface area contributed by atoms with Gasteiger partial charge in [0.2, 0.25) is 5.91 Å². The number of hydrogen-bond acceptors (Lipinski definition) is 5. The predicted octanol–water partition coefficient (Wildman–Crippen LogP) is 21.9. The van der Waals surface area contributed by atoms with Gasteiger partial charge in [0, 0.05) is 6.42 Å². The van der Waals surface area contributed by atoms with Crippen LogP contribution in [0.25, 0.3) is 0 Å². The zero-order chi connectivity index (χ0) is 59.1. The van der Waals surface area contributed by atoms with Crippen LogP contribution in [0.1, 0.15) is 316 Å². The molecule has 3 unspecified atom stereocenters. The number of aliphatic hydroxyl groups is 1. The first-order valence-corrected chi connectivity index (χ1v) is 36.0. The van der Waals surface area contributed by atoms with Crippen molar-refractivity contribution >= 4 is 13.7 Å². The van der Waals surface area contributed by atoms with Crippen molar-refractivity contribution in [1.29, 1.82) is 0 Å². The topological polar surface area (TPSA) is 105 Å². The summed E-state index contributed by atoms with van der Waals surface area (Å²) in [6.45, 7) is 4.70. The summed E-state index contributed by atoms with van der Waals surface area (Å²) in [6.07, 6.45) is 88.9. The maximum absolute atomic E-state index is 13.0. The summed E-state index contributed by atoms with van der Waals surface area (Å²) in [4.78, 5) is 23.4. The number of likely N-dealkylation sites (N-methyl/N-ethyl adjacent to an activating group) is 1. The van der Waals surface area contributed by atoms with Crippen LogP contribution in [0.15, 0.2) is 85.1 Å². The SMILES string of the molecule is CC/C=C\C/C=C\C/C=C\C/C=C\CCCCCCCCCCCCCCCCCCCCCCCCCCCCC(=O)NC(COP(=O)(O)OCC[N+](C)(C)C)C(O)/C=C/CC/C=C/CC/C=C/CCCCCCCCCCCC. The molecule has 0 rings (SSSR count). The van der Waals surface area contributed by atoms with Gasteiger partial charge in [-0.3, -0.25) is 13.8 Å². The van der Waals surface area contributed by atoms with E-state index >= 15 is 0 Å². The molecule has 81 heavy (non-hydrogen) atoms. The van der Waals surface area contributed by atoms with Crippen molar-refractivity contribution in [3.63, 3.8) is 0 Å². The van der Waals surface area contributed by atoms with Crippen molar-refractivity contribution in [2.75, 3.05) is 40.9 Å². The third-order valence-electron chi connectivity index (χ3n) is 15.3. The monoisotopic (exact) mass is 1150 g/mol. The highest BCUT2D eigenvalue weighted by atomic mass is 31.2. The Balaban J connectivity index is 3.99. The van der Waals surface area contributed by atoms with Crippen LogP contribution >= 0.6 is 7.82 Å². The predicted molar refractivity (Wildman–Crippen MR) is 355 cm³/mol. The molecule has 9 heteroatoms. The van der Waals surface area contributed by atoms with E-state index in [0.29, 0.717) is 17.4 Å². The Hall–Kier alpha value is -2.32. The minimum Gasteiger partial charge on any atom is -0.387 e. The number of allylic oxidation sites excluding steroid dienone is 13. The molecule has 0 saturated heterocycles. The van der Waals surface area contributed by atoms with Crippen LogP contribution in [0.2, 0.25) is 0 Å². The highest BCUT2D eigenvalue weighted by Gasteiger charge is 2.28. The van der Waals surface area contributed by atoms with E-state index in [0.717, 1.165) is 70.6 Å². The van der Waals surface area contributed by atoms with Gasteiger partial charge in [-0.15, -0.1) is 0 Å². The first kappa shape index (κ1) is 78.7. The molecule has 0 heterocycles. The van der Waals surface area contributed by atoms with Crippen molar-refractivity contribution < 1.29 is 32.9 Å². The summed E-state index contributed by atoms with van der Waals surface area (Å²) in [7, 11) is 1.55. The number of unbranched alkanes of at least 4 members (excludes halogenated alkanes) is 38. The lowest BCUT2D eigenvalue weighted by molar-refractivity contribution is -0.870. The smallest absolute Gasteiger partial charge is 0.387 e. The molecule has 1 amide bonds. The Bertz CT molecular complexity index is 1600. The van der Waals surface area contributed by atoms with Gasteiger partial charge in [-0.1, -0.05) is 311 Å². The van der Waals surface area contributed by atoms with Crippen molar-refractivity contribution in [3.05, 3.63) is 85.1 Å². The summed E-state index contributed by atoms with van der Waals surface area (Å²) in [5.41, 5.74) is 0. The van der Waals surface area contributed by atoms with Gasteiger partial charge in [0.15, 0.2) is 0 Å². The Morgan fingerprint density at radius 2 is 0.753 bits per heavy atom. The lowest BCUT2D eigenvalue weighted by Gasteiger charge is -2.25. The molecule has 0 saturated carbocycles. The number of carbonyl (C=O) groups excluding carboxylic acids is 1. The van der Waals surface area contributed by atoms with Gasteiger partial charge in [0.1, 0.15) is 13.2 Å². The zero-order valence-electron chi connectivity index (χ0n) is 54.0. The molecule has 0 aromatic rings. The maximum atomic E-state index is 13.0. The highest BCUT2D eigenvalue weighted by molar-refractivity contribution is 7.47. The van der Waals surface area contributed by atoms with Crippen LogP contribution in [0.4, 0.5) is 0 Å². The number of phosphoric ester groups is 1. The van der Waals surface area contributed by atoms with Crippen LogP contribution in [0, 0.1) is 0 Å². The fourth-order valence-corrected chi connectivity index (χ4v) is 10.7. The second-order valence-corrected chi connectivity index (χ2v) is 26.0. The van der Waals surface area contributed by atoms with Gasteiger partial charge in [0.05, 0.1) is 39.9 Å². The Morgan fingerprint density at radius 1 is 0.432 bits per heavy atom. The molecule has 3 atom stereocenters. The summed E-state index contributed by atoms with van der Waals surface area (Å²) in [6, 6.07) is -0.872. The number of hydrogen-bond donors (Lipinski definition) is 3. The molecule has 0 aliphatic heterocycles. The number of rotatable bonds is 63. The third-order valence-corrected chi connectivity index (χ3v) is 16.3. The third kappa shape index (κ3) is 65.1. The van der Waals surface area contributed by atoms with Gasteiger partial charge in [-0.25, -0.2) is 4.57 Å². The average Bonchev–Trinajstić information content (AvgIpc) is 3.43. The maximum Gasteiger partial charge on any atom is 0.472 e. The molecule has 0 fully saturated rings. The van der Waals surface area contributed by atoms with Crippen molar-refractivity contribution in [2.24, 2.45) is 0 Å². The second kappa shape index (κ2) is 62.2. The fraction of sp³-hybridized carbons (Fsp3) is 0.792. The van der Waals surface area contributed by atoms with Crippen LogP contribution in [-0.4, -0.2) is 73.4 Å². The lowest BCUT2D eigenvalue weighted by atomic mass is 10.0. The van der Waals surface area contributed by atoms with Crippen LogP contribution in [0.3, 0.4) is 0 Å². The normalized spacial score (nSPS) is 14.2. The molecule has 0 bridgehead atoms. The van der Waals surface area contributed by atoms with E-state index in [1.165, 1.54) is 225 Å². The molecule has 8 nitrogen and oxygen atoms in total. The van der Waals surface area contributed by atoms with E-state index in [1.807, 2.05) is 27.2 Å². The van der Waals surface area contributed by atoms with Gasteiger partial charge in [-0.2, -0.15) is 0 Å². The summed E-state index contributed by atoms with van der Waals surface area (Å²) >= 11 is 0. The molecule has 0 aromatic heterocycles. The summed E-state index contributed by atoms with van der Waals surface area (Å²) < 4.78 is 23.8. The fourth-order valence-electron chi connectivity index (χ4n) is 10.0. The van der Waals surface area contributed by atoms with Gasteiger partial charge < -0.3 is 19.8 Å². The van der Waals surface area contributed by atoms with Crippen molar-refractivity contribution in [2.45, 2.75) is 328 Å². The molecule has 0 radical (unpaired) electrons. The Morgan fingerprint density at radius 3 is 1.14 bits per heavy atom. The summed E-state index contributed by atoms with van der Waals surface area (Å²) in [5.74, 6) is -0.187. The number of quaternary nitrogens is 1. The molecule has 3 N–H and O–H groups in total. The average molecular weight is 1150 g/mol. The zero-order valence-corrected chi connectivity index (χ0v) is 54.9. The first-order chi connectivity index (χ1) is 39.5. The second-order valence-electron chi connectivity index (χ2n) is 24.5.